The van der Waals surface area contributed by atoms with E-state index in [-0.39, 0.29) is 16.5 Å². The van der Waals surface area contributed by atoms with Crippen LogP contribution in [0.5, 0.6) is 5.75 Å². The number of alkyl halides is 3. The van der Waals surface area contributed by atoms with Gasteiger partial charge in [-0.25, -0.2) is 0 Å². The minimum absolute atomic E-state index is 0.127. The SMILES string of the molecule is Cc1cc(C)cc(NC(=S)Nc2cc(OCC(F)(F)F)cc([N+](=O)[O-])c2)c1. The first-order chi connectivity index (χ1) is 12.5. The van der Waals surface area contributed by atoms with Crippen molar-refractivity contribution in [2.75, 3.05) is 17.2 Å². The van der Waals surface area contributed by atoms with Crippen LogP contribution in [0, 0.1) is 24.0 Å². The molecule has 6 nitrogen and oxygen atoms in total. The maximum absolute atomic E-state index is 12.3. The van der Waals surface area contributed by atoms with Crippen molar-refractivity contribution in [3.8, 4) is 5.75 Å². The van der Waals surface area contributed by atoms with E-state index in [2.05, 4.69) is 15.4 Å². The number of nitrogens with zero attached hydrogens (tertiary/aromatic N) is 1. The minimum atomic E-state index is -4.56. The molecule has 0 radical (unpaired) electrons. The highest BCUT2D eigenvalue weighted by Crippen LogP contribution is 2.28. The number of nitro benzene ring substituents is 1. The van der Waals surface area contributed by atoms with Gasteiger partial charge in [-0.15, -0.1) is 0 Å². The molecule has 2 rings (SSSR count). The lowest BCUT2D eigenvalue weighted by Gasteiger charge is -2.14. The number of rotatable bonds is 5. The van der Waals surface area contributed by atoms with Gasteiger partial charge in [-0.1, -0.05) is 6.07 Å². The molecule has 0 amide bonds. The highest BCUT2D eigenvalue weighted by Gasteiger charge is 2.28. The molecule has 0 aliphatic rings. The van der Waals surface area contributed by atoms with Crippen molar-refractivity contribution in [1.82, 2.24) is 0 Å². The number of hydrogen-bond donors (Lipinski definition) is 2. The fraction of sp³-hybridized carbons (Fsp3) is 0.235. The Bertz CT molecular complexity index is 852. The number of nitrogens with one attached hydrogen (secondary N) is 2. The maximum Gasteiger partial charge on any atom is 0.422 e. The summed E-state index contributed by atoms with van der Waals surface area (Å²) in [6, 6.07) is 8.95. The van der Waals surface area contributed by atoms with Crippen molar-refractivity contribution < 1.29 is 22.8 Å². The smallest absolute Gasteiger partial charge is 0.422 e. The van der Waals surface area contributed by atoms with Crippen LogP contribution in [0.15, 0.2) is 36.4 Å². The zero-order valence-electron chi connectivity index (χ0n) is 14.4. The summed E-state index contributed by atoms with van der Waals surface area (Å²) in [7, 11) is 0. The number of hydrogen-bond acceptors (Lipinski definition) is 4. The molecular weight excluding hydrogens is 383 g/mol. The number of thiocarbonyl (C=S) groups is 1. The van der Waals surface area contributed by atoms with Crippen molar-refractivity contribution in [2.45, 2.75) is 20.0 Å². The van der Waals surface area contributed by atoms with E-state index in [0.717, 1.165) is 23.3 Å². The van der Waals surface area contributed by atoms with E-state index >= 15 is 0 Å². The molecule has 2 aromatic carbocycles. The number of benzene rings is 2. The fourth-order valence-corrected chi connectivity index (χ4v) is 2.59. The Balaban J connectivity index is 2.17. The van der Waals surface area contributed by atoms with Crippen molar-refractivity contribution >= 4 is 34.4 Å². The monoisotopic (exact) mass is 399 g/mol. The second-order valence-electron chi connectivity index (χ2n) is 5.83. The highest BCUT2D eigenvalue weighted by molar-refractivity contribution is 7.80. The third-order valence-electron chi connectivity index (χ3n) is 3.24. The van der Waals surface area contributed by atoms with E-state index in [4.69, 9.17) is 12.2 Å². The van der Waals surface area contributed by atoms with Gasteiger partial charge in [0.15, 0.2) is 11.7 Å². The number of aryl methyl sites for hydroxylation is 2. The molecule has 0 fully saturated rings. The molecule has 0 atom stereocenters. The fourth-order valence-electron chi connectivity index (χ4n) is 2.35. The molecule has 0 aliphatic heterocycles. The second kappa shape index (κ2) is 8.21. The molecule has 0 heterocycles. The average molecular weight is 399 g/mol. The Morgan fingerprint density at radius 2 is 1.63 bits per heavy atom. The lowest BCUT2D eigenvalue weighted by atomic mass is 10.1. The van der Waals surface area contributed by atoms with Crippen LogP contribution < -0.4 is 15.4 Å². The number of halogens is 3. The third-order valence-corrected chi connectivity index (χ3v) is 3.45. The lowest BCUT2D eigenvalue weighted by molar-refractivity contribution is -0.384. The van der Waals surface area contributed by atoms with E-state index in [9.17, 15) is 23.3 Å². The summed E-state index contributed by atoms with van der Waals surface area (Å²) in [4.78, 5) is 10.3. The third kappa shape index (κ3) is 6.74. The molecular formula is C17H16F3N3O3S. The predicted octanol–water partition coefficient (Wildman–Crippen LogP) is 4.96. The van der Waals surface area contributed by atoms with Crippen LogP contribution >= 0.6 is 12.2 Å². The van der Waals surface area contributed by atoms with Crippen LogP contribution in [0.2, 0.25) is 0 Å². The zero-order valence-corrected chi connectivity index (χ0v) is 15.2. The van der Waals surface area contributed by atoms with E-state index in [1.54, 1.807) is 0 Å². The van der Waals surface area contributed by atoms with Gasteiger partial charge in [0.1, 0.15) is 5.75 Å². The van der Waals surface area contributed by atoms with Gasteiger partial charge >= 0.3 is 6.18 Å². The molecule has 10 heteroatoms. The first-order valence-electron chi connectivity index (χ1n) is 7.67. The first-order valence-corrected chi connectivity index (χ1v) is 8.08. The number of anilines is 2. The van der Waals surface area contributed by atoms with Gasteiger partial charge in [-0.3, -0.25) is 10.1 Å². The quantitative estimate of drug-likeness (QED) is 0.420. The highest BCUT2D eigenvalue weighted by atomic mass is 32.1. The van der Waals surface area contributed by atoms with Crippen LogP contribution in [0.25, 0.3) is 0 Å². The van der Waals surface area contributed by atoms with Crippen LogP contribution in [0.1, 0.15) is 11.1 Å². The molecule has 0 unspecified atom stereocenters. The Kier molecular flexibility index (Phi) is 6.21. The van der Waals surface area contributed by atoms with Crippen LogP contribution in [0.4, 0.5) is 30.2 Å². The minimum Gasteiger partial charge on any atom is -0.484 e. The molecule has 0 saturated heterocycles. The Morgan fingerprint density at radius 1 is 1.07 bits per heavy atom. The topological polar surface area (TPSA) is 76.4 Å². The molecule has 0 aliphatic carbocycles. The van der Waals surface area contributed by atoms with E-state index < -0.39 is 23.4 Å². The van der Waals surface area contributed by atoms with Crippen molar-refractivity contribution in [3.63, 3.8) is 0 Å². The zero-order chi connectivity index (χ0) is 20.2. The summed E-state index contributed by atoms with van der Waals surface area (Å²) in [5, 5.41) is 16.8. The molecule has 0 spiro atoms. The van der Waals surface area contributed by atoms with Gasteiger partial charge in [0.2, 0.25) is 0 Å². The maximum atomic E-state index is 12.3. The standard InChI is InChI=1S/C17H16F3N3O3S/c1-10-3-11(2)5-12(4-10)21-16(27)22-13-6-14(23(24)25)8-15(7-13)26-9-17(18,19)20/h3-8H,9H2,1-2H3,(H2,21,22,27). The lowest BCUT2D eigenvalue weighted by Crippen LogP contribution is -2.20. The van der Waals surface area contributed by atoms with Gasteiger partial charge < -0.3 is 15.4 Å². The van der Waals surface area contributed by atoms with Crippen molar-refractivity contribution in [2.24, 2.45) is 0 Å². The van der Waals surface area contributed by atoms with Gasteiger partial charge in [0.05, 0.1) is 16.7 Å². The summed E-state index contributed by atoms with van der Waals surface area (Å²) in [5.41, 5.74) is 2.44. The Morgan fingerprint density at radius 3 is 2.15 bits per heavy atom. The summed E-state index contributed by atoms with van der Waals surface area (Å²) in [6.07, 6.45) is -4.56. The number of non-ortho nitro benzene ring substituents is 1. The van der Waals surface area contributed by atoms with Gasteiger partial charge in [0, 0.05) is 17.8 Å². The van der Waals surface area contributed by atoms with Crippen molar-refractivity contribution in [1.29, 1.82) is 0 Å². The average Bonchev–Trinajstić information content (AvgIpc) is 2.50. The molecule has 0 saturated carbocycles. The van der Waals surface area contributed by atoms with Crippen LogP contribution in [-0.2, 0) is 0 Å². The molecule has 144 valence electrons. The summed E-state index contributed by atoms with van der Waals surface area (Å²) in [6.45, 7) is 2.28. The van der Waals surface area contributed by atoms with Gasteiger partial charge in [-0.05, 0) is 49.3 Å². The number of nitro groups is 1. The number of ether oxygens (including phenoxy) is 1. The van der Waals surface area contributed by atoms with Gasteiger partial charge in [0.25, 0.3) is 5.69 Å². The largest absolute Gasteiger partial charge is 0.484 e. The van der Waals surface area contributed by atoms with E-state index in [1.165, 1.54) is 6.07 Å². The predicted molar refractivity (Wildman–Crippen MR) is 100 cm³/mol. The second-order valence-corrected chi connectivity index (χ2v) is 6.24. The summed E-state index contributed by atoms with van der Waals surface area (Å²) in [5.74, 6) is -0.293. The van der Waals surface area contributed by atoms with Crippen LogP contribution in [0.3, 0.4) is 0 Å². The normalized spacial score (nSPS) is 11.0. The molecule has 0 bridgehead atoms. The molecule has 0 aromatic heterocycles. The summed E-state index contributed by atoms with van der Waals surface area (Å²) < 4.78 is 41.5. The first kappa shape index (κ1) is 20.4. The molecule has 27 heavy (non-hydrogen) atoms. The molecule has 2 N–H and O–H groups in total. The Labute approximate surface area is 158 Å². The van der Waals surface area contributed by atoms with Gasteiger partial charge in [-0.2, -0.15) is 13.2 Å². The Hall–Kier alpha value is -2.88. The van der Waals surface area contributed by atoms with E-state index in [1.807, 2.05) is 32.0 Å². The molecule has 2 aromatic rings. The summed E-state index contributed by atoms with van der Waals surface area (Å²) >= 11 is 5.17. The van der Waals surface area contributed by atoms with E-state index in [0.29, 0.717) is 5.69 Å². The van der Waals surface area contributed by atoms with Crippen LogP contribution in [-0.4, -0.2) is 22.8 Å². The van der Waals surface area contributed by atoms with Crippen molar-refractivity contribution in [3.05, 3.63) is 57.6 Å².